The predicted octanol–water partition coefficient (Wildman–Crippen LogP) is 2.23. The maximum absolute atomic E-state index is 13.1. The third-order valence-corrected chi connectivity index (χ3v) is 2.04. The molecule has 0 fully saturated rings. The third kappa shape index (κ3) is 2.63. The second-order valence-corrected chi connectivity index (χ2v) is 3.30. The highest BCUT2D eigenvalue weighted by atomic mass is 19.2. The van der Waals surface area contributed by atoms with E-state index >= 15 is 0 Å². The molecule has 0 radical (unpaired) electrons. The molecular formula is C10H11F4NO. The minimum Gasteiger partial charge on any atom is -0.486 e. The van der Waals surface area contributed by atoms with Crippen molar-refractivity contribution in [2.45, 2.75) is 13.0 Å². The summed E-state index contributed by atoms with van der Waals surface area (Å²) in [6.07, 6.45) is 0. The van der Waals surface area contributed by atoms with Gasteiger partial charge in [0.1, 0.15) is 6.61 Å². The lowest BCUT2D eigenvalue weighted by Gasteiger charge is -2.13. The molecule has 1 N–H and O–H groups in total. The minimum atomic E-state index is -1.53. The zero-order valence-electron chi connectivity index (χ0n) is 8.78. The van der Waals surface area contributed by atoms with Crippen molar-refractivity contribution >= 4 is 0 Å². The Morgan fingerprint density at radius 1 is 1.19 bits per heavy atom. The Balaban J connectivity index is 2.94. The Morgan fingerprint density at radius 3 is 2.12 bits per heavy atom. The first-order valence-corrected chi connectivity index (χ1v) is 4.60. The van der Waals surface area contributed by atoms with Crippen molar-refractivity contribution in [2.75, 3.05) is 13.7 Å². The lowest BCUT2D eigenvalue weighted by molar-refractivity contribution is 0.246. The van der Waals surface area contributed by atoms with Crippen molar-refractivity contribution < 1.29 is 22.3 Å². The molecule has 1 atom stereocenters. The normalized spacial score (nSPS) is 12.6. The largest absolute Gasteiger partial charge is 0.486 e. The minimum absolute atomic E-state index is 0.104. The second kappa shape index (κ2) is 5.16. The summed E-state index contributed by atoms with van der Waals surface area (Å²) in [6.45, 7) is 1.58. The van der Waals surface area contributed by atoms with Gasteiger partial charge in [0, 0.05) is 12.1 Å². The van der Waals surface area contributed by atoms with Gasteiger partial charge in [-0.1, -0.05) is 0 Å². The van der Waals surface area contributed by atoms with Crippen LogP contribution in [0.1, 0.15) is 6.92 Å². The van der Waals surface area contributed by atoms with Gasteiger partial charge < -0.3 is 10.1 Å². The molecule has 90 valence electrons. The summed E-state index contributed by atoms with van der Waals surface area (Å²) in [7, 11) is 1.62. The third-order valence-electron chi connectivity index (χ3n) is 2.04. The van der Waals surface area contributed by atoms with Gasteiger partial charge in [-0.25, -0.2) is 8.78 Å². The van der Waals surface area contributed by atoms with Gasteiger partial charge in [0.25, 0.3) is 0 Å². The molecule has 1 rings (SSSR count). The van der Waals surface area contributed by atoms with Gasteiger partial charge in [0.05, 0.1) is 0 Å². The van der Waals surface area contributed by atoms with Crippen LogP contribution in [0.4, 0.5) is 17.6 Å². The predicted molar refractivity (Wildman–Crippen MR) is 50.3 cm³/mol. The highest BCUT2D eigenvalue weighted by Gasteiger charge is 2.20. The first-order valence-electron chi connectivity index (χ1n) is 4.60. The van der Waals surface area contributed by atoms with Gasteiger partial charge >= 0.3 is 0 Å². The molecule has 1 aromatic carbocycles. The average molecular weight is 237 g/mol. The summed E-state index contributed by atoms with van der Waals surface area (Å²) in [5.74, 6) is -7.04. The molecular weight excluding hydrogens is 226 g/mol. The second-order valence-electron chi connectivity index (χ2n) is 3.30. The maximum Gasteiger partial charge on any atom is 0.203 e. The lowest BCUT2D eigenvalue weighted by atomic mass is 10.3. The number of halogens is 4. The average Bonchev–Trinajstić information content (AvgIpc) is 2.26. The molecule has 0 aliphatic rings. The first kappa shape index (κ1) is 12.8. The summed E-state index contributed by atoms with van der Waals surface area (Å²) >= 11 is 0. The Kier molecular flexibility index (Phi) is 4.12. The van der Waals surface area contributed by atoms with Crippen LogP contribution < -0.4 is 10.1 Å². The molecule has 0 aliphatic carbocycles. The van der Waals surface area contributed by atoms with E-state index in [-0.39, 0.29) is 18.7 Å². The molecule has 0 spiro atoms. The van der Waals surface area contributed by atoms with Gasteiger partial charge in [0.15, 0.2) is 17.4 Å². The number of nitrogens with one attached hydrogen (secondary N) is 1. The fourth-order valence-corrected chi connectivity index (χ4v) is 0.970. The zero-order valence-corrected chi connectivity index (χ0v) is 8.78. The van der Waals surface area contributed by atoms with Gasteiger partial charge in [0.2, 0.25) is 11.6 Å². The Bertz CT molecular complexity index is 357. The van der Waals surface area contributed by atoms with Crippen LogP contribution in [0.2, 0.25) is 0 Å². The van der Waals surface area contributed by atoms with Crippen LogP contribution in [0.5, 0.6) is 5.75 Å². The SMILES string of the molecule is CNC(C)COc1c(F)c(F)cc(F)c1F. The molecule has 0 amide bonds. The number of benzene rings is 1. The highest BCUT2D eigenvalue weighted by molar-refractivity contribution is 5.28. The van der Waals surface area contributed by atoms with Crippen LogP contribution in [0.15, 0.2) is 6.07 Å². The maximum atomic E-state index is 13.1. The van der Waals surface area contributed by atoms with E-state index in [2.05, 4.69) is 10.1 Å². The summed E-state index contributed by atoms with van der Waals surface area (Å²) in [6, 6.07) is -0.0657. The van der Waals surface area contributed by atoms with Crippen LogP contribution in [-0.2, 0) is 0 Å². The molecule has 0 saturated heterocycles. The van der Waals surface area contributed by atoms with Gasteiger partial charge in [-0.15, -0.1) is 0 Å². The highest BCUT2D eigenvalue weighted by Crippen LogP contribution is 2.26. The van der Waals surface area contributed by atoms with Crippen molar-refractivity contribution in [2.24, 2.45) is 0 Å². The first-order chi connectivity index (χ1) is 7.47. The number of rotatable bonds is 4. The number of hydrogen-bond donors (Lipinski definition) is 1. The number of ether oxygens (including phenoxy) is 1. The lowest BCUT2D eigenvalue weighted by Crippen LogP contribution is -2.28. The molecule has 0 aliphatic heterocycles. The van der Waals surface area contributed by atoms with E-state index in [4.69, 9.17) is 0 Å². The molecule has 6 heteroatoms. The summed E-state index contributed by atoms with van der Waals surface area (Å²) in [5, 5.41) is 2.75. The summed E-state index contributed by atoms with van der Waals surface area (Å²) in [5.41, 5.74) is 0. The summed E-state index contributed by atoms with van der Waals surface area (Å²) in [4.78, 5) is 0. The molecule has 0 saturated carbocycles. The smallest absolute Gasteiger partial charge is 0.203 e. The monoisotopic (exact) mass is 237 g/mol. The fourth-order valence-electron chi connectivity index (χ4n) is 0.970. The van der Waals surface area contributed by atoms with E-state index in [9.17, 15) is 17.6 Å². The Morgan fingerprint density at radius 2 is 1.69 bits per heavy atom. The Labute approximate surface area is 90.2 Å². The topological polar surface area (TPSA) is 21.3 Å². The molecule has 1 unspecified atom stereocenters. The van der Waals surface area contributed by atoms with Gasteiger partial charge in [-0.3, -0.25) is 0 Å². The van der Waals surface area contributed by atoms with Crippen molar-refractivity contribution in [1.82, 2.24) is 5.32 Å². The van der Waals surface area contributed by atoms with Crippen molar-refractivity contribution in [1.29, 1.82) is 0 Å². The van der Waals surface area contributed by atoms with Crippen LogP contribution >= 0.6 is 0 Å². The van der Waals surface area contributed by atoms with Crippen LogP contribution in [-0.4, -0.2) is 19.7 Å². The molecule has 16 heavy (non-hydrogen) atoms. The van der Waals surface area contributed by atoms with Gasteiger partial charge in [-0.2, -0.15) is 8.78 Å². The summed E-state index contributed by atoms with van der Waals surface area (Å²) < 4.78 is 56.3. The Hall–Kier alpha value is -1.30. The van der Waals surface area contributed by atoms with E-state index in [1.54, 1.807) is 14.0 Å². The van der Waals surface area contributed by atoms with Crippen molar-refractivity contribution in [3.8, 4) is 5.75 Å². The quantitative estimate of drug-likeness (QED) is 0.640. The zero-order chi connectivity index (χ0) is 12.3. The van der Waals surface area contributed by atoms with Crippen LogP contribution in [0.3, 0.4) is 0 Å². The standard InChI is InChI=1S/C10H11F4NO/c1-5(15-2)4-16-10-8(13)6(11)3-7(12)9(10)14/h3,5,15H,4H2,1-2H3. The number of likely N-dealkylation sites (N-methyl/N-ethyl adjacent to an activating group) is 1. The van der Waals surface area contributed by atoms with Crippen LogP contribution in [0.25, 0.3) is 0 Å². The van der Waals surface area contributed by atoms with E-state index in [1.807, 2.05) is 0 Å². The fraction of sp³-hybridized carbons (Fsp3) is 0.400. The molecule has 0 bridgehead atoms. The number of hydrogen-bond acceptors (Lipinski definition) is 2. The van der Waals surface area contributed by atoms with Crippen molar-refractivity contribution in [3.63, 3.8) is 0 Å². The van der Waals surface area contributed by atoms with Gasteiger partial charge in [-0.05, 0) is 14.0 Å². The van der Waals surface area contributed by atoms with E-state index in [0.29, 0.717) is 0 Å². The van der Waals surface area contributed by atoms with E-state index in [0.717, 1.165) is 0 Å². The molecule has 0 heterocycles. The van der Waals surface area contributed by atoms with E-state index < -0.39 is 29.0 Å². The molecule has 1 aromatic rings. The molecule has 2 nitrogen and oxygen atoms in total. The molecule has 0 aromatic heterocycles. The van der Waals surface area contributed by atoms with E-state index in [1.165, 1.54) is 0 Å². The van der Waals surface area contributed by atoms with Crippen LogP contribution in [0, 0.1) is 23.3 Å². The van der Waals surface area contributed by atoms with Crippen molar-refractivity contribution in [3.05, 3.63) is 29.3 Å².